The van der Waals surface area contributed by atoms with Crippen LogP contribution in [0, 0.1) is 24.2 Å². The number of rotatable bonds is 22. The molecule has 1 aliphatic heterocycles. The quantitative estimate of drug-likeness (QED) is 0.0498. The lowest BCUT2D eigenvalue weighted by molar-refractivity contribution is -0.150. The maximum absolute atomic E-state index is 14.8. The smallest absolute Gasteiger partial charge is 0.253 e. The number of amides is 6. The number of thiazole rings is 2. The van der Waals surface area contributed by atoms with E-state index in [4.69, 9.17) is 5.73 Å². The minimum Gasteiger partial charge on any atom is -0.391 e. The molecule has 18 nitrogen and oxygen atoms in total. The molecule has 0 radical (unpaired) electrons. The molecule has 0 bridgehead atoms. The summed E-state index contributed by atoms with van der Waals surface area (Å²) in [6.07, 6.45) is 3.58. The fourth-order valence-corrected chi connectivity index (χ4v) is 10.7. The van der Waals surface area contributed by atoms with Crippen molar-refractivity contribution >= 4 is 73.3 Å². The Hall–Kier alpha value is -6.29. The molecule has 0 aliphatic carbocycles. The molecule has 70 heavy (non-hydrogen) atoms. The normalized spacial score (nSPS) is 16.2. The summed E-state index contributed by atoms with van der Waals surface area (Å²) in [6, 6.07) is 16.4. The van der Waals surface area contributed by atoms with Crippen LogP contribution in [-0.4, -0.2) is 105 Å². The Balaban J connectivity index is 1.11. The van der Waals surface area contributed by atoms with Gasteiger partial charge in [-0.15, -0.1) is 22.7 Å². The van der Waals surface area contributed by atoms with Crippen molar-refractivity contribution in [2.75, 3.05) is 24.7 Å². The van der Waals surface area contributed by atoms with E-state index >= 15 is 0 Å². The molecule has 6 rings (SSSR count). The summed E-state index contributed by atoms with van der Waals surface area (Å²) in [4.78, 5) is 93.0. The van der Waals surface area contributed by atoms with E-state index in [-0.39, 0.29) is 57.3 Å². The zero-order valence-electron chi connectivity index (χ0n) is 39.8. The zero-order valence-corrected chi connectivity index (χ0v) is 42.3. The number of aryl methyl sites for hydroxylation is 1. The van der Waals surface area contributed by atoms with Crippen LogP contribution in [0.2, 0.25) is 0 Å². The van der Waals surface area contributed by atoms with E-state index < -0.39 is 80.9 Å². The van der Waals surface area contributed by atoms with Gasteiger partial charge in [0.1, 0.15) is 12.1 Å². The molecule has 1 saturated heterocycles. The summed E-state index contributed by atoms with van der Waals surface area (Å²) in [5.41, 5.74) is 10.8. The van der Waals surface area contributed by atoms with E-state index in [9.17, 15) is 42.3 Å². The summed E-state index contributed by atoms with van der Waals surface area (Å²) in [5.74, 6) is -5.07. The maximum atomic E-state index is 14.8. The first kappa shape index (κ1) is 53.1. The first-order valence-electron chi connectivity index (χ1n) is 23.0. The number of benzene rings is 2. The summed E-state index contributed by atoms with van der Waals surface area (Å²) in [5, 5.41) is 24.3. The molecule has 5 atom stereocenters. The number of likely N-dealkylation sites (tertiary alicyclic amines) is 1. The summed E-state index contributed by atoms with van der Waals surface area (Å²) >= 11 is 2.76. The highest BCUT2D eigenvalue weighted by atomic mass is 32.2. The number of aromatic nitrogens is 3. The standard InChI is InChI=1S/C49H61N9O9S3/c1-30-42(69-29-53-30)33-19-17-31(18-20-33)25-52-46(64)39-24-35(59)27-58(39)47(65)41(49(2,3)4)36(14-11-16-40(50)60)44(62)51-22-10-9-15-37(54-43(61)34-21-23-57(26-34)70(5,66)67)45(63)56-48-55-38(28-68-48)32-12-7-6-8-13-32/h6-8,12-13,17-21,23,26,28-29,35-37,39,41,59H,9-11,14-16,22,24-25,27H2,1-5H3,(H2,50,60)(H,51,62)(H,52,64)(H,54,61)(H,55,56,63)/t35-,36?,37+,39+,41-/m1/s1. The molecule has 1 fully saturated rings. The average Bonchev–Trinajstić information content (AvgIpc) is 4.15. The van der Waals surface area contributed by atoms with Crippen molar-refractivity contribution < 1.29 is 42.3 Å². The lowest BCUT2D eigenvalue weighted by Crippen LogP contribution is -2.53. The van der Waals surface area contributed by atoms with Gasteiger partial charge in [-0.25, -0.2) is 18.4 Å². The number of nitrogens with zero attached hydrogens (tertiary/aromatic N) is 4. The topological polar surface area (TPSA) is 265 Å². The number of anilines is 1. The van der Waals surface area contributed by atoms with E-state index in [1.165, 1.54) is 28.5 Å². The number of carbonyl (C=O) groups excluding carboxylic acids is 6. The largest absolute Gasteiger partial charge is 0.391 e. The number of carbonyl (C=O) groups is 6. The molecule has 3 aromatic heterocycles. The van der Waals surface area contributed by atoms with Crippen molar-refractivity contribution in [1.29, 1.82) is 0 Å². The van der Waals surface area contributed by atoms with Gasteiger partial charge in [-0.3, -0.25) is 32.7 Å². The molecule has 0 saturated carbocycles. The van der Waals surface area contributed by atoms with Gasteiger partial charge in [0.15, 0.2) is 5.13 Å². The molecule has 0 spiro atoms. The molecule has 6 amide bonds. The number of aliphatic hydroxyl groups excluding tert-OH is 1. The second-order valence-electron chi connectivity index (χ2n) is 18.6. The van der Waals surface area contributed by atoms with Crippen LogP contribution in [0.25, 0.3) is 21.7 Å². The summed E-state index contributed by atoms with van der Waals surface area (Å²) in [7, 11) is -3.67. The van der Waals surface area contributed by atoms with Crippen LogP contribution in [0.4, 0.5) is 5.13 Å². The molecule has 374 valence electrons. The van der Waals surface area contributed by atoms with Gasteiger partial charge in [-0.05, 0) is 61.6 Å². The van der Waals surface area contributed by atoms with Crippen LogP contribution in [-0.2, 0) is 40.5 Å². The molecule has 5 aromatic rings. The highest BCUT2D eigenvalue weighted by molar-refractivity contribution is 7.89. The van der Waals surface area contributed by atoms with Crippen molar-refractivity contribution in [3.05, 3.63) is 101 Å². The number of aliphatic hydroxyl groups is 1. The Labute approximate surface area is 415 Å². The number of nitrogens with two attached hydrogens (primary N) is 1. The van der Waals surface area contributed by atoms with Crippen LogP contribution < -0.4 is 27.0 Å². The molecule has 2 aromatic carbocycles. The molecule has 21 heteroatoms. The molecular weight excluding hydrogens is 955 g/mol. The minimum atomic E-state index is -3.67. The Kier molecular flexibility index (Phi) is 17.9. The van der Waals surface area contributed by atoms with Gasteiger partial charge in [-0.1, -0.05) is 75.4 Å². The molecule has 1 aliphatic rings. The Morgan fingerprint density at radius 2 is 1.64 bits per heavy atom. The zero-order chi connectivity index (χ0) is 50.8. The predicted molar refractivity (Wildman–Crippen MR) is 269 cm³/mol. The van der Waals surface area contributed by atoms with E-state index in [1.807, 2.05) is 82.3 Å². The van der Waals surface area contributed by atoms with Crippen LogP contribution in [0.1, 0.15) is 87.3 Å². The molecule has 7 N–H and O–H groups in total. The summed E-state index contributed by atoms with van der Waals surface area (Å²) in [6.45, 7) is 7.63. The molecule has 1 unspecified atom stereocenters. The number of unbranched alkanes of at least 4 members (excludes halogenated alkanes) is 1. The third-order valence-electron chi connectivity index (χ3n) is 12.1. The Morgan fingerprint density at radius 3 is 2.29 bits per heavy atom. The molecular formula is C49H61N9O9S3. The first-order chi connectivity index (χ1) is 33.2. The lowest BCUT2D eigenvalue weighted by atomic mass is 9.70. The fraction of sp³-hybridized carbons (Fsp3) is 0.429. The summed E-state index contributed by atoms with van der Waals surface area (Å²) < 4.78 is 25.1. The van der Waals surface area contributed by atoms with Gasteiger partial charge < -0.3 is 37.0 Å². The van der Waals surface area contributed by atoms with Crippen molar-refractivity contribution in [3.8, 4) is 21.7 Å². The second-order valence-corrected chi connectivity index (χ2v) is 22.2. The van der Waals surface area contributed by atoms with E-state index in [0.29, 0.717) is 23.7 Å². The van der Waals surface area contributed by atoms with E-state index in [2.05, 4.69) is 31.2 Å². The van der Waals surface area contributed by atoms with E-state index in [1.54, 1.807) is 22.2 Å². The van der Waals surface area contributed by atoms with Gasteiger partial charge in [0.2, 0.25) is 39.6 Å². The first-order valence-corrected chi connectivity index (χ1v) is 26.6. The number of hydrogen-bond donors (Lipinski definition) is 6. The molecule has 4 heterocycles. The second kappa shape index (κ2) is 23.5. The van der Waals surface area contributed by atoms with Crippen LogP contribution in [0.5, 0.6) is 0 Å². The Bertz CT molecular complexity index is 2750. The fourth-order valence-electron chi connectivity index (χ4n) is 8.55. The van der Waals surface area contributed by atoms with Crippen LogP contribution >= 0.6 is 22.7 Å². The van der Waals surface area contributed by atoms with Gasteiger partial charge in [0.25, 0.3) is 5.91 Å². The monoisotopic (exact) mass is 1020 g/mol. The number of β-amino-alcohol motifs (C(OH)–C–C–N with tert-alkyl or cyclic N) is 1. The predicted octanol–water partition coefficient (Wildman–Crippen LogP) is 5.09. The SMILES string of the molecule is Cc1ncsc1-c1ccc(CNC(=O)[C@@H]2C[C@@H](O)CN2C(=O)[C@@H](C(CCCC(N)=O)C(=O)NCCCC[C@H](NC(=O)c2ccn(S(C)(=O)=O)c2)C(=O)Nc2nc(-c3ccccc3)cs2)C(C)(C)C)cc1. The van der Waals surface area contributed by atoms with Crippen molar-refractivity contribution in [2.24, 2.45) is 23.0 Å². The third-order valence-corrected chi connectivity index (χ3v) is 14.9. The van der Waals surface area contributed by atoms with Gasteiger partial charge in [0, 0.05) is 55.8 Å². The van der Waals surface area contributed by atoms with Crippen LogP contribution in [0.3, 0.4) is 0 Å². The van der Waals surface area contributed by atoms with Crippen LogP contribution in [0.15, 0.2) is 83.9 Å². The Morgan fingerprint density at radius 1 is 0.914 bits per heavy atom. The number of primary amides is 1. The minimum absolute atomic E-state index is 0.0159. The highest BCUT2D eigenvalue weighted by Gasteiger charge is 2.48. The van der Waals surface area contributed by atoms with Gasteiger partial charge >= 0.3 is 0 Å². The van der Waals surface area contributed by atoms with Crippen molar-refractivity contribution in [3.63, 3.8) is 0 Å². The van der Waals surface area contributed by atoms with Gasteiger partial charge in [0.05, 0.1) is 51.5 Å². The van der Waals surface area contributed by atoms with Gasteiger partial charge in [-0.2, -0.15) is 0 Å². The number of hydrogen-bond acceptors (Lipinski definition) is 13. The average molecular weight is 1020 g/mol. The van der Waals surface area contributed by atoms with Crippen molar-refractivity contribution in [2.45, 2.75) is 97.4 Å². The maximum Gasteiger partial charge on any atom is 0.253 e. The highest BCUT2D eigenvalue weighted by Crippen LogP contribution is 2.39. The van der Waals surface area contributed by atoms with Crippen molar-refractivity contribution in [1.82, 2.24) is 34.8 Å². The number of nitrogens with one attached hydrogen (secondary N) is 4. The third kappa shape index (κ3) is 14.2. The van der Waals surface area contributed by atoms with E-state index in [0.717, 1.165) is 43.7 Å². The lowest BCUT2D eigenvalue weighted by Gasteiger charge is -2.39.